The summed E-state index contributed by atoms with van der Waals surface area (Å²) in [5.74, 6) is 1.28. The lowest BCUT2D eigenvalue weighted by Crippen LogP contribution is -2.41. The molecule has 0 unspecified atom stereocenters. The predicted octanol–water partition coefficient (Wildman–Crippen LogP) is 3.59. The number of aliphatic hydroxyl groups excluding tert-OH is 1. The standard InChI is InChI=1S/C28H37N5O3/c1-28(36)10-12-32(13-11-28)17-19-4-9-22-23(14-19)26(35)33(20-5-7-21(34)8-6-20)25-24(22)16-30-27(31-25)29-15-18-2-3-18/h4,9,14,16,18,20-21,34,36H,2-3,5-8,10-13,15,17H2,1H3,(H,29,30,31)/t20-,21+. The molecule has 1 aliphatic heterocycles. The van der Waals surface area contributed by atoms with Gasteiger partial charge >= 0.3 is 0 Å². The van der Waals surface area contributed by atoms with Crippen molar-refractivity contribution in [3.8, 4) is 0 Å². The fraction of sp³-hybridized carbons (Fsp3) is 0.607. The van der Waals surface area contributed by atoms with Gasteiger partial charge in [-0.25, -0.2) is 4.98 Å². The van der Waals surface area contributed by atoms with Gasteiger partial charge in [0.05, 0.1) is 11.7 Å². The van der Waals surface area contributed by atoms with Gasteiger partial charge in [0, 0.05) is 49.2 Å². The normalized spacial score (nSPS) is 24.9. The minimum atomic E-state index is -0.577. The number of pyridine rings is 1. The Kier molecular flexibility index (Phi) is 6.22. The number of hydrogen-bond acceptors (Lipinski definition) is 7. The molecule has 192 valence electrons. The van der Waals surface area contributed by atoms with Gasteiger partial charge in [0.25, 0.3) is 5.56 Å². The van der Waals surface area contributed by atoms with E-state index in [9.17, 15) is 15.0 Å². The van der Waals surface area contributed by atoms with E-state index < -0.39 is 5.60 Å². The second kappa shape index (κ2) is 9.39. The number of aliphatic hydroxyl groups is 2. The van der Waals surface area contributed by atoms with E-state index in [-0.39, 0.29) is 17.7 Å². The first kappa shape index (κ1) is 23.8. The highest BCUT2D eigenvalue weighted by molar-refractivity contribution is 6.04. The Morgan fingerprint density at radius 2 is 1.81 bits per heavy atom. The summed E-state index contributed by atoms with van der Waals surface area (Å²) in [6, 6.07) is 6.21. The van der Waals surface area contributed by atoms with E-state index >= 15 is 0 Å². The maximum absolute atomic E-state index is 14.0. The van der Waals surface area contributed by atoms with Crippen LogP contribution in [-0.4, -0.2) is 61.0 Å². The highest BCUT2D eigenvalue weighted by Gasteiger charge is 2.28. The molecule has 6 rings (SSSR count). The van der Waals surface area contributed by atoms with Crippen LogP contribution in [0.25, 0.3) is 21.8 Å². The molecule has 0 radical (unpaired) electrons. The van der Waals surface area contributed by atoms with E-state index in [1.165, 1.54) is 12.8 Å². The van der Waals surface area contributed by atoms with E-state index in [0.29, 0.717) is 35.7 Å². The first-order valence-corrected chi connectivity index (χ1v) is 13.6. The average molecular weight is 492 g/mol. The van der Waals surface area contributed by atoms with Crippen molar-refractivity contribution >= 4 is 27.8 Å². The van der Waals surface area contributed by atoms with Gasteiger partial charge in [-0.2, -0.15) is 4.98 Å². The van der Waals surface area contributed by atoms with Crippen LogP contribution in [0.5, 0.6) is 0 Å². The lowest BCUT2D eigenvalue weighted by molar-refractivity contribution is -0.00729. The number of likely N-dealkylation sites (tertiary alicyclic amines) is 1. The zero-order chi connectivity index (χ0) is 24.9. The smallest absolute Gasteiger partial charge is 0.260 e. The second-order valence-corrected chi connectivity index (χ2v) is 11.5. The number of benzene rings is 1. The first-order chi connectivity index (χ1) is 17.4. The number of aromatic nitrogens is 3. The van der Waals surface area contributed by atoms with E-state index in [0.717, 1.165) is 68.2 Å². The lowest BCUT2D eigenvalue weighted by Gasteiger charge is -2.35. The molecule has 2 aromatic heterocycles. The number of nitrogens with one attached hydrogen (secondary N) is 1. The van der Waals surface area contributed by atoms with Crippen molar-refractivity contribution in [3.05, 3.63) is 40.3 Å². The Labute approximate surface area is 211 Å². The third-order valence-corrected chi connectivity index (χ3v) is 8.44. The summed E-state index contributed by atoms with van der Waals surface area (Å²) < 4.78 is 1.88. The highest BCUT2D eigenvalue weighted by Crippen LogP contribution is 2.33. The summed E-state index contributed by atoms with van der Waals surface area (Å²) in [7, 11) is 0. The summed E-state index contributed by atoms with van der Waals surface area (Å²) in [5.41, 5.74) is 1.21. The fourth-order valence-corrected chi connectivity index (χ4v) is 5.82. The van der Waals surface area contributed by atoms with E-state index in [2.05, 4.69) is 21.3 Å². The Morgan fingerprint density at radius 1 is 1.06 bits per heavy atom. The van der Waals surface area contributed by atoms with Crippen LogP contribution in [0.15, 0.2) is 29.2 Å². The van der Waals surface area contributed by atoms with Crippen molar-refractivity contribution in [2.75, 3.05) is 25.0 Å². The molecule has 0 atom stereocenters. The van der Waals surface area contributed by atoms with Crippen LogP contribution in [0.4, 0.5) is 5.95 Å². The van der Waals surface area contributed by atoms with Gasteiger partial charge < -0.3 is 15.5 Å². The zero-order valence-electron chi connectivity index (χ0n) is 21.1. The molecule has 2 saturated carbocycles. The van der Waals surface area contributed by atoms with Gasteiger partial charge in [0.1, 0.15) is 5.65 Å². The molecule has 2 aliphatic carbocycles. The van der Waals surface area contributed by atoms with Crippen LogP contribution in [0.3, 0.4) is 0 Å². The van der Waals surface area contributed by atoms with Crippen LogP contribution in [0.1, 0.15) is 69.9 Å². The van der Waals surface area contributed by atoms with Crippen molar-refractivity contribution in [2.24, 2.45) is 5.92 Å². The van der Waals surface area contributed by atoms with Crippen LogP contribution < -0.4 is 10.9 Å². The monoisotopic (exact) mass is 491 g/mol. The third-order valence-electron chi connectivity index (χ3n) is 8.44. The van der Waals surface area contributed by atoms with Crippen molar-refractivity contribution < 1.29 is 10.2 Å². The minimum Gasteiger partial charge on any atom is -0.393 e. The van der Waals surface area contributed by atoms with Crippen molar-refractivity contribution in [2.45, 2.75) is 82.6 Å². The zero-order valence-corrected chi connectivity index (χ0v) is 21.1. The molecule has 36 heavy (non-hydrogen) atoms. The van der Waals surface area contributed by atoms with Crippen LogP contribution in [-0.2, 0) is 6.54 Å². The SMILES string of the molecule is CC1(O)CCN(Cc2ccc3c(c2)c(=O)n([C@H]2CC[C@@H](O)CC2)c2nc(NCC4CC4)ncc32)CC1. The number of anilines is 1. The molecule has 0 bridgehead atoms. The molecule has 3 aliphatic rings. The van der Waals surface area contributed by atoms with Gasteiger partial charge in [-0.05, 0) is 81.2 Å². The van der Waals surface area contributed by atoms with Crippen molar-refractivity contribution in [1.82, 2.24) is 19.4 Å². The first-order valence-electron chi connectivity index (χ1n) is 13.6. The maximum Gasteiger partial charge on any atom is 0.260 e. The Balaban J connectivity index is 1.40. The largest absolute Gasteiger partial charge is 0.393 e. The lowest BCUT2D eigenvalue weighted by atomic mass is 9.92. The summed E-state index contributed by atoms with van der Waals surface area (Å²) in [6.45, 7) is 5.24. The van der Waals surface area contributed by atoms with Gasteiger partial charge in [0.15, 0.2) is 0 Å². The average Bonchev–Trinajstić information content (AvgIpc) is 3.70. The molecule has 3 heterocycles. The van der Waals surface area contributed by atoms with E-state index in [4.69, 9.17) is 4.98 Å². The molecule has 3 fully saturated rings. The number of fused-ring (bicyclic) bond motifs is 3. The summed E-state index contributed by atoms with van der Waals surface area (Å²) in [5, 5.41) is 26.2. The predicted molar refractivity (Wildman–Crippen MR) is 141 cm³/mol. The molecular formula is C28H37N5O3. The summed E-state index contributed by atoms with van der Waals surface area (Å²) >= 11 is 0. The number of hydrogen-bond donors (Lipinski definition) is 3. The number of nitrogens with zero attached hydrogens (tertiary/aromatic N) is 4. The van der Waals surface area contributed by atoms with Crippen LogP contribution >= 0.6 is 0 Å². The van der Waals surface area contributed by atoms with Gasteiger partial charge in [0.2, 0.25) is 5.95 Å². The highest BCUT2D eigenvalue weighted by atomic mass is 16.3. The van der Waals surface area contributed by atoms with Gasteiger partial charge in [-0.1, -0.05) is 12.1 Å². The Morgan fingerprint density at radius 3 is 2.53 bits per heavy atom. The molecule has 0 spiro atoms. The molecule has 8 nitrogen and oxygen atoms in total. The van der Waals surface area contributed by atoms with Gasteiger partial charge in [-0.3, -0.25) is 14.3 Å². The third kappa shape index (κ3) is 4.86. The maximum atomic E-state index is 14.0. The number of piperidine rings is 1. The van der Waals surface area contributed by atoms with Crippen LogP contribution in [0, 0.1) is 5.92 Å². The molecule has 8 heteroatoms. The molecular weight excluding hydrogens is 454 g/mol. The molecule has 3 N–H and O–H groups in total. The van der Waals surface area contributed by atoms with Crippen molar-refractivity contribution in [3.63, 3.8) is 0 Å². The Bertz CT molecular complexity index is 1310. The van der Waals surface area contributed by atoms with Crippen LogP contribution in [0.2, 0.25) is 0 Å². The summed E-state index contributed by atoms with van der Waals surface area (Å²) in [6.07, 6.45) is 8.54. The molecule has 3 aromatic rings. The number of rotatable bonds is 6. The molecule has 0 amide bonds. The Hall–Kier alpha value is -2.55. The quantitative estimate of drug-likeness (QED) is 0.453. The fourth-order valence-electron chi connectivity index (χ4n) is 5.82. The minimum absolute atomic E-state index is 0.00541. The molecule has 1 saturated heterocycles. The topological polar surface area (TPSA) is 104 Å². The second-order valence-electron chi connectivity index (χ2n) is 11.5. The van der Waals surface area contributed by atoms with Gasteiger partial charge in [-0.15, -0.1) is 0 Å². The van der Waals surface area contributed by atoms with E-state index in [1.807, 2.05) is 29.8 Å². The summed E-state index contributed by atoms with van der Waals surface area (Å²) in [4.78, 5) is 25.8. The molecule has 1 aromatic carbocycles. The van der Waals surface area contributed by atoms with E-state index in [1.54, 1.807) is 0 Å². The van der Waals surface area contributed by atoms with Crippen molar-refractivity contribution in [1.29, 1.82) is 0 Å².